The predicted octanol–water partition coefficient (Wildman–Crippen LogP) is 1.64. The molecular weight excluding hydrogens is 341 g/mol. The monoisotopic (exact) mass is 359 g/mol. The van der Waals surface area contributed by atoms with Gasteiger partial charge in [-0.05, 0) is 29.5 Å². The molecular formula is C16H18FN7O2. The fourth-order valence-electron chi connectivity index (χ4n) is 2.13. The molecule has 1 aromatic carbocycles. The SMILES string of the molecule is CC(C)c1nc(CN(C)C(=O)Cn2nnc(-c3ccc(F)cc3)n2)no1. The van der Waals surface area contributed by atoms with Crippen LogP contribution in [0.4, 0.5) is 4.39 Å². The number of carbonyl (C=O) groups excluding carboxylic acids is 1. The number of nitrogens with zero attached hydrogens (tertiary/aromatic N) is 7. The molecule has 10 heteroatoms. The zero-order chi connectivity index (χ0) is 18.7. The maximum Gasteiger partial charge on any atom is 0.246 e. The lowest BCUT2D eigenvalue weighted by molar-refractivity contribution is -0.131. The van der Waals surface area contributed by atoms with E-state index >= 15 is 0 Å². The molecule has 3 aromatic rings. The van der Waals surface area contributed by atoms with E-state index in [2.05, 4.69) is 25.6 Å². The molecule has 0 saturated carbocycles. The number of aromatic nitrogens is 6. The summed E-state index contributed by atoms with van der Waals surface area (Å²) < 4.78 is 18.1. The van der Waals surface area contributed by atoms with Gasteiger partial charge in [-0.3, -0.25) is 4.79 Å². The van der Waals surface area contributed by atoms with Crippen LogP contribution in [0.2, 0.25) is 0 Å². The Hall–Kier alpha value is -3.17. The van der Waals surface area contributed by atoms with Gasteiger partial charge in [-0.25, -0.2) is 4.39 Å². The van der Waals surface area contributed by atoms with Gasteiger partial charge in [0, 0.05) is 18.5 Å². The van der Waals surface area contributed by atoms with Crippen molar-refractivity contribution in [1.82, 2.24) is 35.2 Å². The van der Waals surface area contributed by atoms with Crippen molar-refractivity contribution in [3.05, 3.63) is 41.8 Å². The molecule has 0 aliphatic heterocycles. The highest BCUT2D eigenvalue weighted by Crippen LogP contribution is 2.14. The minimum absolute atomic E-state index is 0.0837. The fourth-order valence-corrected chi connectivity index (χ4v) is 2.13. The van der Waals surface area contributed by atoms with E-state index < -0.39 is 0 Å². The first-order valence-corrected chi connectivity index (χ1v) is 8.02. The average molecular weight is 359 g/mol. The van der Waals surface area contributed by atoms with Crippen LogP contribution >= 0.6 is 0 Å². The Labute approximate surface area is 148 Å². The van der Waals surface area contributed by atoms with E-state index in [9.17, 15) is 9.18 Å². The Morgan fingerprint density at radius 3 is 2.69 bits per heavy atom. The van der Waals surface area contributed by atoms with Crippen molar-refractivity contribution in [2.75, 3.05) is 7.05 Å². The molecule has 1 amide bonds. The topological polar surface area (TPSA) is 103 Å². The van der Waals surface area contributed by atoms with Gasteiger partial charge in [-0.2, -0.15) is 9.78 Å². The van der Waals surface area contributed by atoms with E-state index in [1.54, 1.807) is 19.2 Å². The van der Waals surface area contributed by atoms with Crippen LogP contribution in [0.3, 0.4) is 0 Å². The van der Waals surface area contributed by atoms with Gasteiger partial charge in [0.15, 0.2) is 5.82 Å². The first-order chi connectivity index (χ1) is 12.4. The minimum Gasteiger partial charge on any atom is -0.339 e. The van der Waals surface area contributed by atoms with Gasteiger partial charge in [0.2, 0.25) is 17.6 Å². The summed E-state index contributed by atoms with van der Waals surface area (Å²) in [5, 5.41) is 15.7. The van der Waals surface area contributed by atoms with Crippen molar-refractivity contribution in [2.45, 2.75) is 32.9 Å². The molecule has 0 radical (unpaired) electrons. The molecule has 0 spiro atoms. The highest BCUT2D eigenvalue weighted by atomic mass is 19.1. The first kappa shape index (κ1) is 17.6. The smallest absolute Gasteiger partial charge is 0.246 e. The Balaban J connectivity index is 1.61. The Kier molecular flexibility index (Phi) is 5.01. The summed E-state index contributed by atoms with van der Waals surface area (Å²) in [4.78, 5) is 19.2. The second-order valence-corrected chi connectivity index (χ2v) is 6.10. The zero-order valence-electron chi connectivity index (χ0n) is 14.6. The summed E-state index contributed by atoms with van der Waals surface area (Å²) in [7, 11) is 1.63. The van der Waals surface area contributed by atoms with E-state index in [1.165, 1.54) is 21.8 Å². The Morgan fingerprint density at radius 2 is 2.04 bits per heavy atom. The average Bonchev–Trinajstić information content (AvgIpc) is 3.25. The third-order valence-corrected chi connectivity index (χ3v) is 3.61. The molecule has 0 N–H and O–H groups in total. The standard InChI is InChI=1S/C16H18FN7O2/c1-10(2)16-18-13(21-26-16)8-23(3)14(25)9-24-20-15(19-22-24)11-4-6-12(17)7-5-11/h4-7,10H,8-9H2,1-3H3. The van der Waals surface area contributed by atoms with Crippen molar-refractivity contribution < 1.29 is 13.7 Å². The van der Waals surface area contributed by atoms with Crippen LogP contribution in [-0.2, 0) is 17.9 Å². The van der Waals surface area contributed by atoms with Gasteiger partial charge < -0.3 is 9.42 Å². The summed E-state index contributed by atoms with van der Waals surface area (Å²) in [6.07, 6.45) is 0. The van der Waals surface area contributed by atoms with Crippen LogP contribution in [0.5, 0.6) is 0 Å². The maximum absolute atomic E-state index is 13.0. The number of hydrogen-bond donors (Lipinski definition) is 0. The van der Waals surface area contributed by atoms with Crippen LogP contribution in [0, 0.1) is 5.82 Å². The lowest BCUT2D eigenvalue weighted by Crippen LogP contribution is -2.31. The molecule has 0 atom stereocenters. The number of carbonyl (C=O) groups is 1. The van der Waals surface area contributed by atoms with E-state index in [0.29, 0.717) is 23.1 Å². The first-order valence-electron chi connectivity index (χ1n) is 8.02. The quantitative estimate of drug-likeness (QED) is 0.659. The number of rotatable bonds is 6. The lowest BCUT2D eigenvalue weighted by atomic mass is 10.2. The normalized spacial score (nSPS) is 11.1. The number of tetrazole rings is 1. The molecule has 136 valence electrons. The van der Waals surface area contributed by atoms with Gasteiger partial charge in [-0.15, -0.1) is 10.2 Å². The second-order valence-electron chi connectivity index (χ2n) is 6.10. The van der Waals surface area contributed by atoms with Crippen LogP contribution in [-0.4, -0.2) is 48.2 Å². The van der Waals surface area contributed by atoms with Crippen LogP contribution in [0.15, 0.2) is 28.8 Å². The second kappa shape index (κ2) is 7.38. The molecule has 3 rings (SSSR count). The van der Waals surface area contributed by atoms with Gasteiger partial charge in [-0.1, -0.05) is 19.0 Å². The lowest BCUT2D eigenvalue weighted by Gasteiger charge is -2.13. The number of hydrogen-bond acceptors (Lipinski definition) is 7. The number of amides is 1. The molecule has 0 fully saturated rings. The predicted molar refractivity (Wildman–Crippen MR) is 88.1 cm³/mol. The van der Waals surface area contributed by atoms with E-state index in [-0.39, 0.29) is 30.7 Å². The molecule has 2 aromatic heterocycles. The molecule has 0 aliphatic carbocycles. The van der Waals surface area contributed by atoms with Gasteiger partial charge in [0.25, 0.3) is 0 Å². The van der Waals surface area contributed by atoms with Crippen LogP contribution in [0.1, 0.15) is 31.5 Å². The van der Waals surface area contributed by atoms with Gasteiger partial charge in [0.05, 0.1) is 6.54 Å². The molecule has 0 bridgehead atoms. The molecule has 9 nitrogen and oxygen atoms in total. The third kappa shape index (κ3) is 4.08. The number of likely N-dealkylation sites (N-methyl/N-ethyl adjacent to an activating group) is 1. The van der Waals surface area contributed by atoms with Gasteiger partial charge >= 0.3 is 0 Å². The van der Waals surface area contributed by atoms with Crippen molar-refractivity contribution in [1.29, 1.82) is 0 Å². The van der Waals surface area contributed by atoms with Crippen molar-refractivity contribution in [2.24, 2.45) is 0 Å². The summed E-state index contributed by atoms with van der Waals surface area (Å²) in [5.41, 5.74) is 0.617. The van der Waals surface area contributed by atoms with E-state index in [4.69, 9.17) is 4.52 Å². The molecule has 2 heterocycles. The molecule has 26 heavy (non-hydrogen) atoms. The summed E-state index contributed by atoms with van der Waals surface area (Å²) in [5.74, 6) is 0.830. The highest BCUT2D eigenvalue weighted by molar-refractivity contribution is 5.75. The van der Waals surface area contributed by atoms with Crippen molar-refractivity contribution in [3.63, 3.8) is 0 Å². The summed E-state index contributed by atoms with van der Waals surface area (Å²) in [6.45, 7) is 4.02. The number of benzene rings is 1. The van der Waals surface area contributed by atoms with Crippen LogP contribution in [0.25, 0.3) is 11.4 Å². The summed E-state index contributed by atoms with van der Waals surface area (Å²) >= 11 is 0. The molecule has 0 aliphatic rings. The molecule has 0 unspecified atom stereocenters. The van der Waals surface area contributed by atoms with Crippen molar-refractivity contribution >= 4 is 5.91 Å². The zero-order valence-corrected chi connectivity index (χ0v) is 14.6. The summed E-state index contributed by atoms with van der Waals surface area (Å²) in [6, 6.07) is 5.72. The van der Waals surface area contributed by atoms with Crippen molar-refractivity contribution in [3.8, 4) is 11.4 Å². The third-order valence-electron chi connectivity index (χ3n) is 3.61. The fraction of sp³-hybridized carbons (Fsp3) is 0.375. The van der Waals surface area contributed by atoms with E-state index in [1.807, 2.05) is 13.8 Å². The Bertz CT molecular complexity index is 888. The number of halogens is 1. The Morgan fingerprint density at radius 1 is 1.31 bits per heavy atom. The minimum atomic E-state index is -0.347. The van der Waals surface area contributed by atoms with E-state index in [0.717, 1.165) is 0 Å². The highest BCUT2D eigenvalue weighted by Gasteiger charge is 2.17. The van der Waals surface area contributed by atoms with Gasteiger partial charge in [0.1, 0.15) is 12.4 Å². The maximum atomic E-state index is 13.0. The van der Waals surface area contributed by atoms with Crippen LogP contribution < -0.4 is 0 Å². The largest absolute Gasteiger partial charge is 0.339 e. The molecule has 0 saturated heterocycles.